The monoisotopic (exact) mass is 204 g/mol. The van der Waals surface area contributed by atoms with Crippen LogP contribution in [0.25, 0.3) is 0 Å². The van der Waals surface area contributed by atoms with Crippen molar-refractivity contribution in [1.82, 2.24) is 0 Å². The van der Waals surface area contributed by atoms with Gasteiger partial charge in [0.15, 0.2) is 0 Å². The number of benzene rings is 1. The third-order valence-electron chi connectivity index (χ3n) is 1.35. The van der Waals surface area contributed by atoms with Crippen LogP contribution < -0.4 is 0 Å². The van der Waals surface area contributed by atoms with Crippen LogP contribution in [0.5, 0.6) is 0 Å². The molecule has 4 heteroatoms. The minimum absolute atomic E-state index is 0.167. The van der Waals surface area contributed by atoms with Crippen LogP contribution in [0.15, 0.2) is 24.3 Å². The first kappa shape index (κ1) is 9.36. The van der Waals surface area contributed by atoms with E-state index in [1.807, 2.05) is 0 Å². The normalized spacial score (nSPS) is 9.50. The minimum atomic E-state index is -0.473. The zero-order valence-electron chi connectivity index (χ0n) is 6.09. The molecule has 0 amide bonds. The topological polar surface area (TPSA) is 26.3 Å². The molecule has 0 N–H and O–H groups in total. The summed E-state index contributed by atoms with van der Waals surface area (Å²) in [6, 6.07) is 6.91. The Morgan fingerprint density at radius 2 is 1.92 bits per heavy atom. The second kappa shape index (κ2) is 4.33. The summed E-state index contributed by atoms with van der Waals surface area (Å²) in [7, 11) is 0. The van der Waals surface area contributed by atoms with Crippen LogP contribution in [-0.4, -0.2) is 5.97 Å². The molecule has 0 heterocycles. The smallest absolute Gasteiger partial charge is 0.329 e. The Balaban J connectivity index is 2.64. The number of carbonyl (C=O) groups excluding carboxylic acids is 1. The van der Waals surface area contributed by atoms with Gasteiger partial charge in [0.2, 0.25) is 0 Å². The molecule has 12 heavy (non-hydrogen) atoms. The number of hydrogen-bond donors (Lipinski definition) is 0. The summed E-state index contributed by atoms with van der Waals surface area (Å²) in [4.78, 5) is 10.7. The predicted molar refractivity (Wildman–Crippen MR) is 47.1 cm³/mol. The van der Waals surface area contributed by atoms with E-state index in [2.05, 4.69) is 4.29 Å². The lowest BCUT2D eigenvalue weighted by Gasteiger charge is -1.97. The summed E-state index contributed by atoms with van der Waals surface area (Å²) >= 11 is 10.5. The Labute approximate surface area is 80.2 Å². The fourth-order valence-corrected chi connectivity index (χ4v) is 0.977. The minimum Gasteiger partial charge on any atom is -0.347 e. The Hall–Kier alpha value is -0.730. The van der Waals surface area contributed by atoms with E-state index in [-0.39, 0.29) is 6.42 Å². The van der Waals surface area contributed by atoms with E-state index in [1.165, 1.54) is 0 Å². The largest absolute Gasteiger partial charge is 0.347 e. The molecule has 0 aliphatic heterocycles. The van der Waals surface area contributed by atoms with E-state index >= 15 is 0 Å². The third-order valence-corrected chi connectivity index (χ3v) is 1.77. The highest BCUT2D eigenvalue weighted by atomic mass is 35.5. The molecule has 0 fully saturated rings. The number of halogens is 2. The van der Waals surface area contributed by atoms with Crippen LogP contribution in [0.4, 0.5) is 0 Å². The van der Waals surface area contributed by atoms with Crippen LogP contribution in [0.2, 0.25) is 5.02 Å². The van der Waals surface area contributed by atoms with E-state index in [0.717, 1.165) is 5.56 Å². The van der Waals surface area contributed by atoms with Crippen molar-refractivity contribution in [2.24, 2.45) is 0 Å². The molecule has 0 bridgehead atoms. The van der Waals surface area contributed by atoms with Gasteiger partial charge in [-0.1, -0.05) is 23.7 Å². The van der Waals surface area contributed by atoms with Gasteiger partial charge in [-0.2, -0.15) is 0 Å². The van der Waals surface area contributed by atoms with Crippen LogP contribution in [0.3, 0.4) is 0 Å². The van der Waals surface area contributed by atoms with Gasteiger partial charge in [0.05, 0.1) is 6.42 Å². The van der Waals surface area contributed by atoms with Crippen molar-refractivity contribution in [3.63, 3.8) is 0 Å². The van der Waals surface area contributed by atoms with Gasteiger partial charge in [0.1, 0.15) is 11.9 Å². The molecule has 0 aromatic heterocycles. The molecule has 0 saturated heterocycles. The molecule has 1 rings (SSSR count). The molecule has 0 radical (unpaired) electrons. The zero-order valence-corrected chi connectivity index (χ0v) is 7.60. The molecule has 0 atom stereocenters. The molecule has 64 valence electrons. The van der Waals surface area contributed by atoms with Crippen molar-refractivity contribution in [1.29, 1.82) is 0 Å². The molecular weight excluding hydrogens is 199 g/mol. The predicted octanol–water partition coefficient (Wildman–Crippen LogP) is 2.58. The van der Waals surface area contributed by atoms with E-state index in [9.17, 15) is 4.79 Å². The van der Waals surface area contributed by atoms with Crippen molar-refractivity contribution >= 4 is 29.4 Å². The summed E-state index contributed by atoms with van der Waals surface area (Å²) < 4.78 is 3.98. The first-order chi connectivity index (χ1) is 5.72. The Morgan fingerprint density at radius 3 is 2.42 bits per heavy atom. The van der Waals surface area contributed by atoms with E-state index in [4.69, 9.17) is 23.5 Å². The zero-order chi connectivity index (χ0) is 8.97. The molecule has 0 unspecified atom stereocenters. The number of rotatable bonds is 2. The average molecular weight is 205 g/mol. The third kappa shape index (κ3) is 2.72. The highest BCUT2D eigenvalue weighted by Crippen LogP contribution is 2.10. The second-order valence-corrected chi connectivity index (χ2v) is 2.84. The molecule has 0 aliphatic rings. The first-order valence-corrected chi connectivity index (χ1v) is 3.97. The number of carbonyl (C=O) groups is 1. The van der Waals surface area contributed by atoms with E-state index < -0.39 is 5.97 Å². The summed E-state index contributed by atoms with van der Waals surface area (Å²) in [5.41, 5.74) is 0.824. The summed E-state index contributed by atoms with van der Waals surface area (Å²) in [6.45, 7) is 0. The SMILES string of the molecule is O=C(Cc1ccc(Cl)cc1)OCl. The van der Waals surface area contributed by atoms with Gasteiger partial charge >= 0.3 is 5.97 Å². The Kier molecular flexibility index (Phi) is 3.38. The van der Waals surface area contributed by atoms with Crippen molar-refractivity contribution < 1.29 is 9.08 Å². The van der Waals surface area contributed by atoms with Gasteiger partial charge in [0, 0.05) is 5.02 Å². The lowest BCUT2D eigenvalue weighted by Crippen LogP contribution is -2.01. The fraction of sp³-hybridized carbons (Fsp3) is 0.125. The maximum atomic E-state index is 10.7. The first-order valence-electron chi connectivity index (χ1n) is 3.28. The van der Waals surface area contributed by atoms with Gasteiger partial charge in [-0.15, -0.1) is 0 Å². The molecule has 0 spiro atoms. The van der Waals surface area contributed by atoms with Gasteiger partial charge in [-0.25, -0.2) is 0 Å². The maximum Gasteiger partial charge on any atom is 0.329 e. The molecule has 2 nitrogen and oxygen atoms in total. The molecule has 0 aliphatic carbocycles. The van der Waals surface area contributed by atoms with E-state index in [1.54, 1.807) is 24.3 Å². The van der Waals surface area contributed by atoms with Gasteiger partial charge in [0.25, 0.3) is 0 Å². The van der Waals surface area contributed by atoms with Crippen LogP contribution in [0, 0.1) is 0 Å². The van der Waals surface area contributed by atoms with Gasteiger partial charge in [-0.3, -0.25) is 4.79 Å². The van der Waals surface area contributed by atoms with Gasteiger partial charge in [-0.05, 0) is 17.7 Å². The molecule has 1 aromatic carbocycles. The summed E-state index contributed by atoms with van der Waals surface area (Å²) in [5, 5.41) is 0.637. The Bertz CT molecular complexity index is 269. The van der Waals surface area contributed by atoms with Gasteiger partial charge < -0.3 is 4.29 Å². The van der Waals surface area contributed by atoms with Crippen molar-refractivity contribution in [2.45, 2.75) is 6.42 Å². The van der Waals surface area contributed by atoms with Crippen LogP contribution >= 0.6 is 23.5 Å². The van der Waals surface area contributed by atoms with Crippen molar-refractivity contribution in [3.8, 4) is 0 Å². The quantitative estimate of drug-likeness (QED) is 0.741. The highest BCUT2D eigenvalue weighted by molar-refractivity contribution is 6.30. The lowest BCUT2D eigenvalue weighted by molar-refractivity contribution is -0.133. The summed E-state index contributed by atoms with van der Waals surface area (Å²) in [5.74, 6) is -0.473. The van der Waals surface area contributed by atoms with Crippen molar-refractivity contribution in [2.75, 3.05) is 0 Å². The van der Waals surface area contributed by atoms with E-state index in [0.29, 0.717) is 5.02 Å². The number of hydrogen-bond acceptors (Lipinski definition) is 2. The maximum absolute atomic E-state index is 10.7. The standard InChI is InChI=1S/C8H6Cl2O2/c9-7-3-1-6(2-4-7)5-8(11)12-10/h1-4H,5H2. The highest BCUT2D eigenvalue weighted by Gasteiger charge is 2.02. The average Bonchev–Trinajstić information content (AvgIpc) is 2.09. The van der Waals surface area contributed by atoms with Crippen LogP contribution in [0.1, 0.15) is 5.56 Å². The van der Waals surface area contributed by atoms with Crippen LogP contribution in [-0.2, 0) is 15.5 Å². The molecule has 1 aromatic rings. The summed E-state index contributed by atoms with van der Waals surface area (Å²) in [6.07, 6.45) is 0.167. The second-order valence-electron chi connectivity index (χ2n) is 2.25. The Morgan fingerprint density at radius 1 is 1.33 bits per heavy atom. The molecule has 0 saturated carbocycles. The fourth-order valence-electron chi connectivity index (χ4n) is 0.796. The van der Waals surface area contributed by atoms with Crippen molar-refractivity contribution in [3.05, 3.63) is 34.9 Å². The lowest BCUT2D eigenvalue weighted by atomic mass is 10.2. The molecular formula is C8H6Cl2O2.